The molecule has 0 unspecified atom stereocenters. The molecular weight excluding hydrogens is 389 g/mol. The second-order valence-corrected chi connectivity index (χ2v) is 6.73. The van der Waals surface area contributed by atoms with Crippen molar-refractivity contribution in [3.8, 4) is 0 Å². The summed E-state index contributed by atoms with van der Waals surface area (Å²) in [6.45, 7) is 1.95. The van der Waals surface area contributed by atoms with Crippen LogP contribution in [0, 0.1) is 12.7 Å². The van der Waals surface area contributed by atoms with Gasteiger partial charge >= 0.3 is 0 Å². The maximum atomic E-state index is 13.0. The second kappa shape index (κ2) is 9.07. The normalized spacial score (nSPS) is 10.1. The molecule has 0 saturated carbocycles. The van der Waals surface area contributed by atoms with Crippen molar-refractivity contribution in [2.24, 2.45) is 0 Å². The number of anilines is 2. The van der Waals surface area contributed by atoms with Gasteiger partial charge in [0.05, 0.1) is 0 Å². The molecule has 0 radical (unpaired) electrons. The van der Waals surface area contributed by atoms with Crippen LogP contribution >= 0.6 is 12.2 Å². The number of thiocarbonyl (C=S) groups is 1. The van der Waals surface area contributed by atoms with Gasteiger partial charge in [0, 0.05) is 22.5 Å². The van der Waals surface area contributed by atoms with Crippen molar-refractivity contribution in [3.63, 3.8) is 0 Å². The Hall–Kier alpha value is -3.58. The molecule has 146 valence electrons. The zero-order valence-corrected chi connectivity index (χ0v) is 16.3. The number of amides is 2. The zero-order valence-electron chi connectivity index (χ0n) is 15.5. The van der Waals surface area contributed by atoms with Gasteiger partial charge in [-0.3, -0.25) is 14.9 Å². The van der Waals surface area contributed by atoms with Gasteiger partial charge in [0.1, 0.15) is 5.82 Å². The Bertz CT molecular complexity index is 1070. The minimum atomic E-state index is -0.462. The van der Waals surface area contributed by atoms with Crippen molar-refractivity contribution in [1.82, 2.24) is 5.32 Å². The molecule has 0 aliphatic heterocycles. The van der Waals surface area contributed by atoms with Crippen LogP contribution in [-0.4, -0.2) is 16.9 Å². The standard InChI is InChI=1S/C22H18FN3O2S/c1-14-4-2-6-18(12-14)24-21(28)16-5-3-7-19(13-16)25-22(29)26-20(27)15-8-10-17(23)11-9-15/h2-13H,1H3,(H,24,28)(H2,25,26,27,29). The number of carbonyl (C=O) groups excluding carboxylic acids is 2. The molecule has 29 heavy (non-hydrogen) atoms. The molecular formula is C22H18FN3O2S. The third-order valence-electron chi connectivity index (χ3n) is 3.99. The maximum Gasteiger partial charge on any atom is 0.257 e. The molecule has 3 aromatic carbocycles. The van der Waals surface area contributed by atoms with E-state index in [0.29, 0.717) is 16.9 Å². The van der Waals surface area contributed by atoms with E-state index in [2.05, 4.69) is 16.0 Å². The van der Waals surface area contributed by atoms with Gasteiger partial charge in [-0.05, 0) is 79.3 Å². The van der Waals surface area contributed by atoms with E-state index in [0.717, 1.165) is 5.56 Å². The summed E-state index contributed by atoms with van der Waals surface area (Å²) in [7, 11) is 0. The molecule has 2 amide bonds. The minimum Gasteiger partial charge on any atom is -0.332 e. The molecule has 0 fully saturated rings. The van der Waals surface area contributed by atoms with Gasteiger partial charge in [-0.1, -0.05) is 18.2 Å². The molecule has 3 aromatic rings. The molecule has 3 rings (SSSR count). The van der Waals surface area contributed by atoms with E-state index < -0.39 is 11.7 Å². The number of rotatable bonds is 4. The number of benzene rings is 3. The zero-order chi connectivity index (χ0) is 20.8. The van der Waals surface area contributed by atoms with Crippen molar-refractivity contribution < 1.29 is 14.0 Å². The molecule has 0 aliphatic carbocycles. The van der Waals surface area contributed by atoms with Crippen molar-refractivity contribution in [2.75, 3.05) is 10.6 Å². The number of halogens is 1. The van der Waals surface area contributed by atoms with Crippen LogP contribution in [-0.2, 0) is 0 Å². The van der Waals surface area contributed by atoms with Gasteiger partial charge in [0.15, 0.2) is 5.11 Å². The van der Waals surface area contributed by atoms with Gasteiger partial charge in [0.2, 0.25) is 0 Å². The Morgan fingerprint density at radius 1 is 0.793 bits per heavy atom. The molecule has 0 heterocycles. The first-order chi connectivity index (χ1) is 13.9. The summed E-state index contributed by atoms with van der Waals surface area (Å²) in [5.74, 6) is -1.15. The van der Waals surface area contributed by atoms with Crippen LogP contribution in [0.2, 0.25) is 0 Å². The summed E-state index contributed by atoms with van der Waals surface area (Å²) < 4.78 is 13.0. The van der Waals surface area contributed by atoms with Gasteiger partial charge in [-0.15, -0.1) is 0 Å². The van der Waals surface area contributed by atoms with Crippen LogP contribution in [0.4, 0.5) is 15.8 Å². The van der Waals surface area contributed by atoms with Gasteiger partial charge in [-0.25, -0.2) is 4.39 Å². The first kappa shape index (κ1) is 20.2. The highest BCUT2D eigenvalue weighted by Gasteiger charge is 2.10. The fraction of sp³-hybridized carbons (Fsp3) is 0.0455. The number of aryl methyl sites for hydroxylation is 1. The first-order valence-corrected chi connectivity index (χ1v) is 9.17. The third kappa shape index (κ3) is 5.70. The average molecular weight is 407 g/mol. The van der Waals surface area contributed by atoms with E-state index in [1.54, 1.807) is 24.3 Å². The molecule has 0 spiro atoms. The molecule has 0 bridgehead atoms. The van der Waals surface area contributed by atoms with E-state index in [-0.39, 0.29) is 16.6 Å². The lowest BCUT2D eigenvalue weighted by Gasteiger charge is -2.11. The summed E-state index contributed by atoms with van der Waals surface area (Å²) >= 11 is 5.15. The highest BCUT2D eigenvalue weighted by Crippen LogP contribution is 2.15. The quantitative estimate of drug-likeness (QED) is 0.557. The fourth-order valence-electron chi connectivity index (χ4n) is 2.60. The Kier molecular flexibility index (Phi) is 6.31. The molecule has 0 aromatic heterocycles. The lowest BCUT2D eigenvalue weighted by Crippen LogP contribution is -2.34. The van der Waals surface area contributed by atoms with Crippen LogP contribution in [0.5, 0.6) is 0 Å². The van der Waals surface area contributed by atoms with E-state index in [9.17, 15) is 14.0 Å². The molecule has 0 saturated heterocycles. The number of carbonyl (C=O) groups is 2. The highest BCUT2D eigenvalue weighted by atomic mass is 32.1. The lowest BCUT2D eigenvalue weighted by molar-refractivity contribution is 0.0976. The van der Waals surface area contributed by atoms with E-state index in [1.165, 1.54) is 24.3 Å². The monoisotopic (exact) mass is 407 g/mol. The van der Waals surface area contributed by atoms with Crippen molar-refractivity contribution in [2.45, 2.75) is 6.92 Å². The van der Waals surface area contributed by atoms with E-state index in [4.69, 9.17) is 12.2 Å². The third-order valence-corrected chi connectivity index (χ3v) is 4.20. The number of nitrogens with one attached hydrogen (secondary N) is 3. The van der Waals surface area contributed by atoms with Crippen LogP contribution in [0.25, 0.3) is 0 Å². The van der Waals surface area contributed by atoms with Crippen LogP contribution in [0.1, 0.15) is 26.3 Å². The molecule has 5 nitrogen and oxygen atoms in total. The second-order valence-electron chi connectivity index (χ2n) is 6.32. The minimum absolute atomic E-state index is 0.0653. The Morgan fingerprint density at radius 2 is 1.45 bits per heavy atom. The van der Waals surface area contributed by atoms with Gasteiger partial charge in [-0.2, -0.15) is 0 Å². The van der Waals surface area contributed by atoms with E-state index >= 15 is 0 Å². The smallest absolute Gasteiger partial charge is 0.257 e. The topological polar surface area (TPSA) is 70.2 Å². The van der Waals surface area contributed by atoms with Gasteiger partial charge in [0.25, 0.3) is 11.8 Å². The van der Waals surface area contributed by atoms with Crippen molar-refractivity contribution in [3.05, 3.63) is 95.3 Å². The predicted molar refractivity (Wildman–Crippen MR) is 116 cm³/mol. The lowest BCUT2D eigenvalue weighted by atomic mass is 10.1. The van der Waals surface area contributed by atoms with Crippen LogP contribution in [0.3, 0.4) is 0 Å². The largest absolute Gasteiger partial charge is 0.332 e. The van der Waals surface area contributed by atoms with Crippen LogP contribution < -0.4 is 16.0 Å². The number of hydrogen-bond acceptors (Lipinski definition) is 3. The summed E-state index contributed by atoms with van der Waals surface area (Å²) in [5, 5.41) is 8.29. The number of hydrogen-bond donors (Lipinski definition) is 3. The molecule has 0 atom stereocenters. The highest BCUT2D eigenvalue weighted by molar-refractivity contribution is 7.80. The van der Waals surface area contributed by atoms with Crippen molar-refractivity contribution >= 4 is 40.5 Å². The van der Waals surface area contributed by atoms with Crippen molar-refractivity contribution in [1.29, 1.82) is 0 Å². The Morgan fingerprint density at radius 3 is 2.14 bits per heavy atom. The molecule has 0 aliphatic rings. The fourth-order valence-corrected chi connectivity index (χ4v) is 2.81. The predicted octanol–water partition coefficient (Wildman–Crippen LogP) is 4.51. The van der Waals surface area contributed by atoms with E-state index in [1.807, 2.05) is 31.2 Å². The summed E-state index contributed by atoms with van der Waals surface area (Å²) in [5.41, 5.74) is 3.01. The van der Waals surface area contributed by atoms with Crippen LogP contribution in [0.15, 0.2) is 72.8 Å². The summed E-state index contributed by atoms with van der Waals surface area (Å²) in [6.07, 6.45) is 0. The summed E-state index contributed by atoms with van der Waals surface area (Å²) in [6, 6.07) is 19.4. The Labute approximate surface area is 173 Å². The first-order valence-electron chi connectivity index (χ1n) is 8.77. The SMILES string of the molecule is Cc1cccc(NC(=O)c2cccc(NC(=S)NC(=O)c3ccc(F)cc3)c2)c1. The van der Waals surface area contributed by atoms with Gasteiger partial charge < -0.3 is 10.6 Å². The average Bonchev–Trinajstić information content (AvgIpc) is 2.68. The summed E-state index contributed by atoms with van der Waals surface area (Å²) in [4.78, 5) is 24.6. The molecule has 3 N–H and O–H groups in total. The Balaban J connectivity index is 1.63. The maximum absolute atomic E-state index is 13.0. The molecule has 7 heteroatoms.